The van der Waals surface area contributed by atoms with Crippen molar-refractivity contribution < 1.29 is 9.59 Å². The monoisotopic (exact) mass is 361 g/mol. The highest BCUT2D eigenvalue weighted by Crippen LogP contribution is 2.18. The summed E-state index contributed by atoms with van der Waals surface area (Å²) < 4.78 is 0. The molecule has 1 aliphatic heterocycles. The van der Waals surface area contributed by atoms with Crippen LogP contribution in [0.25, 0.3) is 10.9 Å². The first-order valence-electron chi connectivity index (χ1n) is 9.30. The molecule has 2 amide bonds. The van der Waals surface area contributed by atoms with Gasteiger partial charge in [-0.2, -0.15) is 0 Å². The quantitative estimate of drug-likeness (QED) is 0.778. The Kier molecular flexibility index (Phi) is 4.67. The Balaban J connectivity index is 1.47. The summed E-state index contributed by atoms with van der Waals surface area (Å²) in [5.74, 6) is 0.0956. The number of aromatic nitrogens is 1. The highest BCUT2D eigenvalue weighted by Gasteiger charge is 2.25. The second-order valence-electron chi connectivity index (χ2n) is 7.06. The van der Waals surface area contributed by atoms with Gasteiger partial charge in [-0.05, 0) is 42.3 Å². The molecule has 0 bridgehead atoms. The van der Waals surface area contributed by atoms with E-state index in [1.807, 2.05) is 47.5 Å². The van der Waals surface area contributed by atoms with Gasteiger partial charge < -0.3 is 14.8 Å². The number of aryl methyl sites for hydroxylation is 1. The number of nitrogens with zero attached hydrogens (tertiary/aromatic N) is 2. The molecule has 1 aliphatic rings. The lowest BCUT2D eigenvalue weighted by Crippen LogP contribution is -2.35. The molecule has 27 heavy (non-hydrogen) atoms. The molecule has 0 unspecified atom stereocenters. The summed E-state index contributed by atoms with van der Waals surface area (Å²) in [5.41, 5.74) is 4.02. The summed E-state index contributed by atoms with van der Waals surface area (Å²) in [6.45, 7) is 4.24. The zero-order valence-electron chi connectivity index (χ0n) is 15.4. The van der Waals surface area contributed by atoms with Gasteiger partial charge in [0.05, 0.1) is 0 Å². The minimum Gasteiger partial charge on any atom is -0.361 e. The van der Waals surface area contributed by atoms with E-state index < -0.39 is 0 Å². The molecule has 4 rings (SSSR count). The normalized spacial score (nSPS) is 15.2. The van der Waals surface area contributed by atoms with Crippen LogP contribution in [-0.2, 0) is 11.3 Å². The Morgan fingerprint density at radius 2 is 1.93 bits per heavy atom. The van der Waals surface area contributed by atoms with Crippen LogP contribution in [0.5, 0.6) is 0 Å². The number of hydrogen-bond acceptors (Lipinski definition) is 2. The first kappa shape index (κ1) is 17.3. The molecule has 2 aromatic carbocycles. The van der Waals surface area contributed by atoms with Crippen molar-refractivity contribution in [3.63, 3.8) is 0 Å². The molecule has 5 heteroatoms. The predicted molar refractivity (Wildman–Crippen MR) is 105 cm³/mol. The zero-order chi connectivity index (χ0) is 18.8. The standard InChI is InChI=1S/C22H23N3O2/c1-16-4-2-3-5-19(16)15-25-13-12-24(11-9-21(25)26)22(27)18-6-7-20-17(14-18)8-10-23-20/h2-8,10,14,23H,9,11-13,15H2,1H3. The number of rotatable bonds is 3. The molecule has 2 heterocycles. The van der Waals surface area contributed by atoms with E-state index in [1.165, 1.54) is 5.56 Å². The van der Waals surface area contributed by atoms with E-state index >= 15 is 0 Å². The molecule has 1 saturated heterocycles. The molecule has 1 aromatic heterocycles. The minimum atomic E-state index is -0.0105. The van der Waals surface area contributed by atoms with E-state index in [4.69, 9.17) is 0 Å². The molecule has 3 aromatic rings. The smallest absolute Gasteiger partial charge is 0.253 e. The predicted octanol–water partition coefficient (Wildman–Crippen LogP) is 3.35. The van der Waals surface area contributed by atoms with E-state index in [0.717, 1.165) is 16.5 Å². The summed E-state index contributed by atoms with van der Waals surface area (Å²) in [6, 6.07) is 15.8. The molecule has 1 fully saturated rings. The van der Waals surface area contributed by atoms with Gasteiger partial charge in [-0.15, -0.1) is 0 Å². The van der Waals surface area contributed by atoms with Crippen molar-refractivity contribution in [2.24, 2.45) is 0 Å². The van der Waals surface area contributed by atoms with Crippen molar-refractivity contribution in [2.45, 2.75) is 19.9 Å². The number of nitrogens with one attached hydrogen (secondary N) is 1. The van der Waals surface area contributed by atoms with Gasteiger partial charge in [0.2, 0.25) is 5.91 Å². The molecule has 0 atom stereocenters. The third kappa shape index (κ3) is 3.58. The lowest BCUT2D eigenvalue weighted by atomic mass is 10.1. The van der Waals surface area contributed by atoms with Crippen LogP contribution in [0.4, 0.5) is 0 Å². The molecule has 0 spiro atoms. The number of hydrogen-bond donors (Lipinski definition) is 1. The van der Waals surface area contributed by atoms with Gasteiger partial charge in [0.25, 0.3) is 5.91 Å². The first-order chi connectivity index (χ1) is 13.1. The summed E-state index contributed by atoms with van der Waals surface area (Å²) in [5, 5.41) is 1.02. The molecule has 0 radical (unpaired) electrons. The lowest BCUT2D eigenvalue weighted by molar-refractivity contribution is -0.130. The second kappa shape index (κ2) is 7.27. The van der Waals surface area contributed by atoms with Gasteiger partial charge in [-0.25, -0.2) is 0 Å². The van der Waals surface area contributed by atoms with Crippen LogP contribution in [0, 0.1) is 6.92 Å². The number of carbonyl (C=O) groups excluding carboxylic acids is 2. The SMILES string of the molecule is Cc1ccccc1CN1CCN(C(=O)c2ccc3[nH]ccc3c2)CCC1=O. The molecule has 0 saturated carbocycles. The van der Waals surface area contributed by atoms with Gasteiger partial charge in [0.1, 0.15) is 0 Å². The molecule has 1 N–H and O–H groups in total. The van der Waals surface area contributed by atoms with Gasteiger partial charge >= 0.3 is 0 Å². The van der Waals surface area contributed by atoms with Gasteiger partial charge in [-0.1, -0.05) is 24.3 Å². The number of carbonyl (C=O) groups is 2. The van der Waals surface area contributed by atoms with Crippen molar-refractivity contribution in [3.05, 3.63) is 71.4 Å². The largest absolute Gasteiger partial charge is 0.361 e. The average Bonchev–Trinajstić information content (AvgIpc) is 3.07. The van der Waals surface area contributed by atoms with Crippen LogP contribution in [0.2, 0.25) is 0 Å². The molecular weight excluding hydrogens is 338 g/mol. The van der Waals surface area contributed by atoms with E-state index in [1.54, 1.807) is 4.90 Å². The van der Waals surface area contributed by atoms with Crippen LogP contribution in [0.1, 0.15) is 27.9 Å². The number of aromatic amines is 1. The summed E-state index contributed by atoms with van der Waals surface area (Å²) in [4.78, 5) is 32.3. The highest BCUT2D eigenvalue weighted by molar-refractivity contribution is 5.98. The Bertz CT molecular complexity index is 992. The summed E-state index contributed by atoms with van der Waals surface area (Å²) >= 11 is 0. The van der Waals surface area contributed by atoms with Crippen LogP contribution < -0.4 is 0 Å². The Labute approximate surface area is 158 Å². The maximum Gasteiger partial charge on any atom is 0.253 e. The Morgan fingerprint density at radius 1 is 1.07 bits per heavy atom. The number of benzene rings is 2. The molecule has 5 nitrogen and oxygen atoms in total. The number of fused-ring (bicyclic) bond motifs is 1. The van der Waals surface area contributed by atoms with Crippen molar-refractivity contribution in [1.82, 2.24) is 14.8 Å². The Morgan fingerprint density at radius 3 is 2.78 bits per heavy atom. The maximum atomic E-state index is 12.9. The minimum absolute atomic E-state index is 0.0105. The van der Waals surface area contributed by atoms with E-state index in [0.29, 0.717) is 38.2 Å². The maximum absolute atomic E-state index is 12.9. The summed E-state index contributed by atoms with van der Waals surface area (Å²) in [6.07, 6.45) is 2.23. The molecular formula is C22H23N3O2. The second-order valence-corrected chi connectivity index (χ2v) is 7.06. The van der Waals surface area contributed by atoms with Crippen LogP contribution in [0.15, 0.2) is 54.7 Å². The fraction of sp³-hybridized carbons (Fsp3) is 0.273. The van der Waals surface area contributed by atoms with Crippen molar-refractivity contribution in [2.75, 3.05) is 19.6 Å². The van der Waals surface area contributed by atoms with Crippen molar-refractivity contribution in [1.29, 1.82) is 0 Å². The highest BCUT2D eigenvalue weighted by atomic mass is 16.2. The van der Waals surface area contributed by atoms with Gasteiger partial charge in [0, 0.05) is 55.3 Å². The van der Waals surface area contributed by atoms with E-state index in [9.17, 15) is 9.59 Å². The number of H-pyrrole nitrogens is 1. The topological polar surface area (TPSA) is 56.4 Å². The molecule has 0 aliphatic carbocycles. The van der Waals surface area contributed by atoms with E-state index in [-0.39, 0.29) is 11.8 Å². The van der Waals surface area contributed by atoms with Crippen LogP contribution >= 0.6 is 0 Å². The fourth-order valence-corrected chi connectivity index (χ4v) is 3.60. The van der Waals surface area contributed by atoms with Gasteiger partial charge in [0.15, 0.2) is 0 Å². The lowest BCUT2D eigenvalue weighted by Gasteiger charge is -2.23. The van der Waals surface area contributed by atoms with Crippen LogP contribution in [-0.4, -0.2) is 46.2 Å². The van der Waals surface area contributed by atoms with Crippen molar-refractivity contribution in [3.8, 4) is 0 Å². The zero-order valence-corrected chi connectivity index (χ0v) is 15.4. The van der Waals surface area contributed by atoms with E-state index in [2.05, 4.69) is 24.0 Å². The van der Waals surface area contributed by atoms with Crippen LogP contribution in [0.3, 0.4) is 0 Å². The first-order valence-corrected chi connectivity index (χ1v) is 9.30. The number of amides is 2. The third-order valence-electron chi connectivity index (χ3n) is 5.30. The Hall–Kier alpha value is -3.08. The summed E-state index contributed by atoms with van der Waals surface area (Å²) in [7, 11) is 0. The fourth-order valence-electron chi connectivity index (χ4n) is 3.60. The third-order valence-corrected chi connectivity index (χ3v) is 5.30. The van der Waals surface area contributed by atoms with Crippen molar-refractivity contribution >= 4 is 22.7 Å². The van der Waals surface area contributed by atoms with Gasteiger partial charge in [-0.3, -0.25) is 9.59 Å². The average molecular weight is 361 g/mol. The molecule has 138 valence electrons.